The summed E-state index contributed by atoms with van der Waals surface area (Å²) >= 11 is 1.65. The van der Waals surface area contributed by atoms with Crippen LogP contribution >= 0.6 is 11.3 Å². The number of hydrogen-bond donors (Lipinski definition) is 2. The van der Waals surface area contributed by atoms with Gasteiger partial charge in [0, 0.05) is 30.0 Å². The monoisotopic (exact) mass is 330 g/mol. The van der Waals surface area contributed by atoms with E-state index in [1.54, 1.807) is 23.3 Å². The Kier molecular flexibility index (Phi) is 4.98. The first-order chi connectivity index (χ1) is 11.1. The number of thiophene rings is 1. The minimum atomic E-state index is -0.274. The van der Waals surface area contributed by atoms with Crippen molar-refractivity contribution in [3.05, 3.63) is 41.8 Å². The maximum atomic E-state index is 12.5. The fourth-order valence-electron chi connectivity index (χ4n) is 3.11. The zero-order chi connectivity index (χ0) is 16.2. The molecule has 2 N–H and O–H groups in total. The van der Waals surface area contributed by atoms with Gasteiger partial charge in [0.05, 0.1) is 11.8 Å². The Balaban J connectivity index is 1.68. The molecule has 0 aliphatic heterocycles. The molecule has 0 radical (unpaired) electrons. The van der Waals surface area contributed by atoms with Gasteiger partial charge in [-0.15, -0.1) is 11.3 Å². The van der Waals surface area contributed by atoms with Gasteiger partial charge in [0.15, 0.2) is 0 Å². The van der Waals surface area contributed by atoms with Gasteiger partial charge < -0.3 is 15.3 Å². The van der Waals surface area contributed by atoms with Gasteiger partial charge >= 0.3 is 6.03 Å². The van der Waals surface area contributed by atoms with Crippen LogP contribution in [0.5, 0.6) is 0 Å². The molecule has 1 aromatic heterocycles. The van der Waals surface area contributed by atoms with Crippen LogP contribution in [0, 0.1) is 5.92 Å². The second kappa shape index (κ2) is 7.15. The zero-order valence-corrected chi connectivity index (χ0v) is 14.1. The summed E-state index contributed by atoms with van der Waals surface area (Å²) in [4.78, 5) is 15.3. The second-order valence-electron chi connectivity index (χ2n) is 6.09. The molecule has 3 rings (SSSR count). The van der Waals surface area contributed by atoms with Crippen LogP contribution in [0.4, 0.5) is 10.5 Å². The van der Waals surface area contributed by atoms with Crippen LogP contribution < -0.4 is 5.32 Å². The second-order valence-corrected chi connectivity index (χ2v) is 7.04. The van der Waals surface area contributed by atoms with Gasteiger partial charge in [-0.25, -0.2) is 4.79 Å². The molecule has 2 amide bonds. The van der Waals surface area contributed by atoms with E-state index in [9.17, 15) is 9.90 Å². The fourth-order valence-corrected chi connectivity index (χ4v) is 3.88. The van der Waals surface area contributed by atoms with E-state index in [1.807, 2.05) is 41.8 Å². The number of nitrogens with one attached hydrogen (secondary N) is 1. The summed E-state index contributed by atoms with van der Waals surface area (Å²) in [6.07, 6.45) is 2.61. The predicted molar refractivity (Wildman–Crippen MR) is 94.8 cm³/mol. The van der Waals surface area contributed by atoms with Crippen molar-refractivity contribution < 1.29 is 9.90 Å². The first-order valence-corrected chi connectivity index (χ1v) is 8.86. The summed E-state index contributed by atoms with van der Waals surface area (Å²) in [5.41, 5.74) is 1.85. The average Bonchev–Trinajstić information content (AvgIpc) is 3.20. The topological polar surface area (TPSA) is 52.6 Å². The average molecular weight is 330 g/mol. The van der Waals surface area contributed by atoms with E-state index < -0.39 is 0 Å². The Hall–Kier alpha value is -1.85. The number of urea groups is 1. The maximum absolute atomic E-state index is 12.5. The summed E-state index contributed by atoms with van der Waals surface area (Å²) < 4.78 is 0. The quantitative estimate of drug-likeness (QED) is 0.889. The molecule has 122 valence electrons. The van der Waals surface area contributed by atoms with Crippen molar-refractivity contribution in [3.8, 4) is 10.4 Å². The van der Waals surface area contributed by atoms with Crippen molar-refractivity contribution in [2.24, 2.45) is 5.92 Å². The minimum Gasteiger partial charge on any atom is -0.393 e. The molecule has 0 saturated heterocycles. The van der Waals surface area contributed by atoms with Gasteiger partial charge in [0.25, 0.3) is 0 Å². The van der Waals surface area contributed by atoms with Crippen molar-refractivity contribution in [2.75, 3.05) is 18.9 Å². The van der Waals surface area contributed by atoms with Gasteiger partial charge in [-0.2, -0.15) is 0 Å². The molecule has 1 saturated carbocycles. The van der Waals surface area contributed by atoms with Crippen molar-refractivity contribution in [3.63, 3.8) is 0 Å². The molecule has 1 aliphatic rings. The molecule has 23 heavy (non-hydrogen) atoms. The molecule has 2 aromatic rings. The SMILES string of the molecule is CN(CC1CCCC1O)C(=O)Nc1ccccc1-c1cccs1. The molecule has 1 aliphatic carbocycles. The number of rotatable bonds is 4. The molecule has 4 nitrogen and oxygen atoms in total. The number of anilines is 1. The highest BCUT2D eigenvalue weighted by molar-refractivity contribution is 7.13. The summed E-state index contributed by atoms with van der Waals surface area (Å²) in [6, 6.07) is 11.8. The third kappa shape index (κ3) is 3.74. The molecule has 1 aromatic carbocycles. The summed E-state index contributed by atoms with van der Waals surface area (Å²) in [5.74, 6) is 0.193. The highest BCUT2D eigenvalue weighted by atomic mass is 32.1. The van der Waals surface area contributed by atoms with Crippen molar-refractivity contribution in [1.82, 2.24) is 4.90 Å². The molecular weight excluding hydrogens is 308 g/mol. The van der Waals surface area contributed by atoms with Crippen molar-refractivity contribution in [1.29, 1.82) is 0 Å². The Morgan fingerprint density at radius 1 is 1.30 bits per heavy atom. The third-order valence-corrected chi connectivity index (χ3v) is 5.33. The number of carbonyl (C=O) groups is 1. The lowest BCUT2D eigenvalue weighted by atomic mass is 10.1. The Bertz CT molecular complexity index is 657. The number of aliphatic hydroxyl groups is 1. The summed E-state index contributed by atoms with van der Waals surface area (Å²) in [6.45, 7) is 0.591. The first-order valence-electron chi connectivity index (χ1n) is 7.98. The van der Waals surface area contributed by atoms with Gasteiger partial charge in [-0.05, 0) is 30.4 Å². The number of nitrogens with zero attached hydrogens (tertiary/aromatic N) is 1. The van der Waals surface area contributed by atoms with Crippen LogP contribution in [0.1, 0.15) is 19.3 Å². The minimum absolute atomic E-state index is 0.131. The standard InChI is InChI=1S/C18H22N2O2S/c1-20(12-13-6-4-9-16(13)21)18(22)19-15-8-3-2-7-14(15)17-10-5-11-23-17/h2-3,5,7-8,10-11,13,16,21H,4,6,9,12H2,1H3,(H,19,22). The Morgan fingerprint density at radius 2 is 2.13 bits per heavy atom. The smallest absolute Gasteiger partial charge is 0.321 e. The van der Waals surface area contributed by atoms with E-state index in [0.717, 1.165) is 35.4 Å². The number of aliphatic hydroxyl groups excluding tert-OH is 1. The molecule has 5 heteroatoms. The molecule has 2 unspecified atom stereocenters. The molecule has 2 atom stereocenters. The van der Waals surface area contributed by atoms with Gasteiger partial charge in [0.2, 0.25) is 0 Å². The number of benzene rings is 1. The highest BCUT2D eigenvalue weighted by Crippen LogP contribution is 2.31. The molecule has 1 heterocycles. The zero-order valence-electron chi connectivity index (χ0n) is 13.2. The largest absolute Gasteiger partial charge is 0.393 e. The number of para-hydroxylation sites is 1. The van der Waals surface area contributed by atoms with E-state index >= 15 is 0 Å². The Morgan fingerprint density at radius 3 is 2.83 bits per heavy atom. The van der Waals surface area contributed by atoms with E-state index in [0.29, 0.717) is 6.54 Å². The van der Waals surface area contributed by atoms with E-state index in [4.69, 9.17) is 0 Å². The van der Waals surface area contributed by atoms with Crippen molar-refractivity contribution in [2.45, 2.75) is 25.4 Å². The van der Waals surface area contributed by atoms with E-state index in [-0.39, 0.29) is 18.1 Å². The van der Waals surface area contributed by atoms with Gasteiger partial charge in [-0.3, -0.25) is 0 Å². The Labute approximate surface area is 140 Å². The van der Waals surface area contributed by atoms with Crippen LogP contribution in [-0.2, 0) is 0 Å². The van der Waals surface area contributed by atoms with Gasteiger partial charge in [0.1, 0.15) is 0 Å². The van der Waals surface area contributed by atoms with Crippen LogP contribution in [0.15, 0.2) is 41.8 Å². The molecule has 1 fully saturated rings. The molecular formula is C18H22N2O2S. The number of carbonyl (C=O) groups excluding carboxylic acids is 1. The fraction of sp³-hybridized carbons (Fsp3) is 0.389. The number of hydrogen-bond acceptors (Lipinski definition) is 3. The lowest BCUT2D eigenvalue weighted by Gasteiger charge is -2.24. The van der Waals surface area contributed by atoms with Crippen LogP contribution in [0.25, 0.3) is 10.4 Å². The maximum Gasteiger partial charge on any atom is 0.321 e. The summed E-state index contributed by atoms with van der Waals surface area (Å²) in [7, 11) is 1.79. The lowest BCUT2D eigenvalue weighted by molar-refractivity contribution is 0.116. The van der Waals surface area contributed by atoms with Crippen molar-refractivity contribution >= 4 is 23.1 Å². The summed E-state index contributed by atoms with van der Waals surface area (Å²) in [5, 5.41) is 15.0. The van der Waals surface area contributed by atoms with Gasteiger partial charge in [-0.1, -0.05) is 30.7 Å². The van der Waals surface area contributed by atoms with Crippen LogP contribution in [0.3, 0.4) is 0 Å². The third-order valence-electron chi connectivity index (χ3n) is 4.43. The molecule has 0 bridgehead atoms. The van der Waals surface area contributed by atoms with E-state index in [2.05, 4.69) is 5.32 Å². The number of amides is 2. The lowest BCUT2D eigenvalue weighted by Crippen LogP contribution is -2.37. The highest BCUT2D eigenvalue weighted by Gasteiger charge is 2.27. The van der Waals surface area contributed by atoms with E-state index in [1.165, 1.54) is 0 Å². The van der Waals surface area contributed by atoms with Crippen LogP contribution in [0.2, 0.25) is 0 Å². The molecule has 0 spiro atoms. The van der Waals surface area contributed by atoms with Crippen LogP contribution in [-0.4, -0.2) is 35.7 Å². The first kappa shape index (κ1) is 16.0. The normalized spacial score (nSPS) is 20.4. The predicted octanol–water partition coefficient (Wildman–Crippen LogP) is 4.04.